The van der Waals surface area contributed by atoms with E-state index >= 15 is 0 Å². The number of pyridine rings is 1. The fourth-order valence-corrected chi connectivity index (χ4v) is 4.27. The summed E-state index contributed by atoms with van der Waals surface area (Å²) in [5.41, 5.74) is 0.121. The SMILES string of the molecule is Cc1cc(Cl)cnc1Sc1c(Cl)cc(NC(=O)NC(=O)c2c(F)cccc2F)cc1Cl. The van der Waals surface area contributed by atoms with Crippen molar-refractivity contribution >= 4 is 64.2 Å². The Morgan fingerprint density at radius 2 is 1.65 bits per heavy atom. The number of aryl methyl sites for hydroxylation is 1. The van der Waals surface area contributed by atoms with Gasteiger partial charge in [0.15, 0.2) is 0 Å². The number of carbonyl (C=O) groups is 2. The first-order valence-corrected chi connectivity index (χ1v) is 10.5. The van der Waals surface area contributed by atoms with Gasteiger partial charge in [-0.1, -0.05) is 52.6 Å². The number of rotatable bonds is 4. The lowest BCUT2D eigenvalue weighted by Gasteiger charge is -2.12. The van der Waals surface area contributed by atoms with E-state index in [0.29, 0.717) is 14.9 Å². The van der Waals surface area contributed by atoms with Gasteiger partial charge < -0.3 is 5.32 Å². The van der Waals surface area contributed by atoms with Crippen LogP contribution in [-0.2, 0) is 0 Å². The molecule has 2 N–H and O–H groups in total. The van der Waals surface area contributed by atoms with Crippen molar-refractivity contribution in [2.75, 3.05) is 5.32 Å². The van der Waals surface area contributed by atoms with E-state index in [4.69, 9.17) is 34.8 Å². The fraction of sp³-hybridized carbons (Fsp3) is 0.0500. The minimum Gasteiger partial charge on any atom is -0.308 e. The molecule has 1 heterocycles. The van der Waals surface area contributed by atoms with E-state index in [0.717, 1.165) is 23.8 Å². The maximum atomic E-state index is 13.7. The molecule has 31 heavy (non-hydrogen) atoms. The van der Waals surface area contributed by atoms with Crippen molar-refractivity contribution < 1.29 is 18.4 Å². The molecule has 0 saturated carbocycles. The summed E-state index contributed by atoms with van der Waals surface area (Å²) in [7, 11) is 0. The maximum absolute atomic E-state index is 13.7. The molecule has 0 spiro atoms. The van der Waals surface area contributed by atoms with Gasteiger partial charge in [0.05, 0.1) is 20.0 Å². The summed E-state index contributed by atoms with van der Waals surface area (Å²) in [6, 6.07) is 6.46. The van der Waals surface area contributed by atoms with Crippen LogP contribution in [0.3, 0.4) is 0 Å². The molecule has 2 aromatic carbocycles. The number of amides is 3. The van der Waals surface area contributed by atoms with Crippen molar-refractivity contribution in [3.05, 3.63) is 80.4 Å². The smallest absolute Gasteiger partial charge is 0.308 e. The van der Waals surface area contributed by atoms with Gasteiger partial charge >= 0.3 is 6.03 Å². The number of urea groups is 1. The quantitative estimate of drug-likeness (QED) is 0.414. The number of nitrogens with zero attached hydrogens (tertiary/aromatic N) is 1. The van der Waals surface area contributed by atoms with Crippen molar-refractivity contribution in [2.24, 2.45) is 0 Å². The summed E-state index contributed by atoms with van der Waals surface area (Å²) in [6.45, 7) is 1.83. The number of carbonyl (C=O) groups excluding carboxylic acids is 2. The number of halogens is 5. The highest BCUT2D eigenvalue weighted by Crippen LogP contribution is 2.41. The molecule has 1 aromatic heterocycles. The summed E-state index contributed by atoms with van der Waals surface area (Å²) >= 11 is 19.7. The van der Waals surface area contributed by atoms with Crippen molar-refractivity contribution in [3.63, 3.8) is 0 Å². The number of nitrogens with one attached hydrogen (secondary N) is 2. The Balaban J connectivity index is 1.74. The number of hydrogen-bond donors (Lipinski definition) is 2. The third-order valence-corrected chi connectivity index (χ3v) is 6.16. The van der Waals surface area contributed by atoms with Crippen molar-refractivity contribution in [1.29, 1.82) is 0 Å². The van der Waals surface area contributed by atoms with Crippen LogP contribution in [0.4, 0.5) is 19.3 Å². The lowest BCUT2D eigenvalue weighted by Crippen LogP contribution is -2.35. The monoisotopic (exact) mass is 501 g/mol. The van der Waals surface area contributed by atoms with E-state index in [9.17, 15) is 18.4 Å². The third kappa shape index (κ3) is 5.65. The molecule has 3 rings (SSSR count). The predicted molar refractivity (Wildman–Crippen MR) is 117 cm³/mol. The Hall–Kier alpha value is -2.39. The third-order valence-electron chi connectivity index (χ3n) is 3.87. The Kier molecular flexibility index (Phi) is 7.38. The zero-order valence-electron chi connectivity index (χ0n) is 15.6. The van der Waals surface area contributed by atoms with Gasteiger partial charge in [0.25, 0.3) is 5.91 Å². The van der Waals surface area contributed by atoms with Crippen LogP contribution in [0.2, 0.25) is 15.1 Å². The first-order valence-electron chi connectivity index (χ1n) is 8.51. The molecule has 0 bridgehead atoms. The second kappa shape index (κ2) is 9.82. The highest BCUT2D eigenvalue weighted by atomic mass is 35.5. The van der Waals surface area contributed by atoms with Gasteiger partial charge in [-0.15, -0.1) is 0 Å². The van der Waals surface area contributed by atoms with Gasteiger partial charge in [0, 0.05) is 11.9 Å². The second-order valence-corrected chi connectivity index (χ2v) is 8.40. The molecule has 0 saturated heterocycles. The van der Waals surface area contributed by atoms with Crippen molar-refractivity contribution in [2.45, 2.75) is 16.8 Å². The summed E-state index contributed by atoms with van der Waals surface area (Å²) < 4.78 is 27.4. The summed E-state index contributed by atoms with van der Waals surface area (Å²) in [5.74, 6) is -3.42. The van der Waals surface area contributed by atoms with Gasteiger partial charge in [0.2, 0.25) is 0 Å². The van der Waals surface area contributed by atoms with Gasteiger partial charge in [-0.3, -0.25) is 10.1 Å². The van der Waals surface area contributed by atoms with Crippen LogP contribution in [0.5, 0.6) is 0 Å². The first-order chi connectivity index (χ1) is 14.7. The molecule has 0 aliphatic heterocycles. The Morgan fingerprint density at radius 3 is 2.23 bits per heavy atom. The fourth-order valence-electron chi connectivity index (χ4n) is 2.50. The molecule has 0 atom stereocenters. The van der Waals surface area contributed by atoms with Crippen LogP contribution in [0.25, 0.3) is 0 Å². The average Bonchev–Trinajstić information content (AvgIpc) is 2.65. The van der Waals surface area contributed by atoms with Gasteiger partial charge in [0.1, 0.15) is 22.2 Å². The molecule has 0 aliphatic rings. The molecule has 3 amide bonds. The molecule has 0 radical (unpaired) electrons. The standard InChI is InChI=1S/C20H12Cl3F2N3O2S/c1-9-5-10(21)8-26-19(9)31-17-12(22)6-11(7-13(17)23)27-20(30)28-18(29)16-14(24)3-2-4-15(16)25/h2-8H,1H3,(H2,27,28,29,30). The molecule has 5 nitrogen and oxygen atoms in total. The number of benzene rings is 2. The molecule has 0 aliphatic carbocycles. The summed E-state index contributed by atoms with van der Waals surface area (Å²) in [5, 5.41) is 5.77. The minimum atomic E-state index is -1.23. The number of imide groups is 1. The lowest BCUT2D eigenvalue weighted by molar-refractivity contribution is 0.0959. The topological polar surface area (TPSA) is 71.1 Å². The van der Waals surface area contributed by atoms with Crippen LogP contribution >= 0.6 is 46.6 Å². The van der Waals surface area contributed by atoms with Crippen molar-refractivity contribution in [3.8, 4) is 0 Å². The highest BCUT2D eigenvalue weighted by Gasteiger charge is 2.20. The summed E-state index contributed by atoms with van der Waals surface area (Å²) in [4.78, 5) is 28.8. The van der Waals surface area contributed by atoms with Gasteiger partial charge in [-0.25, -0.2) is 18.6 Å². The van der Waals surface area contributed by atoms with Crippen LogP contribution in [0.1, 0.15) is 15.9 Å². The molecule has 0 fully saturated rings. The van der Waals surface area contributed by atoms with E-state index in [-0.39, 0.29) is 15.7 Å². The normalized spacial score (nSPS) is 10.6. The highest BCUT2D eigenvalue weighted by molar-refractivity contribution is 7.99. The summed E-state index contributed by atoms with van der Waals surface area (Å²) in [6.07, 6.45) is 1.49. The molecule has 0 unspecified atom stereocenters. The molecular weight excluding hydrogens is 491 g/mol. The molecule has 11 heteroatoms. The van der Waals surface area contributed by atoms with Gasteiger partial charge in [-0.05, 0) is 42.8 Å². The van der Waals surface area contributed by atoms with E-state index in [1.165, 1.54) is 30.1 Å². The largest absolute Gasteiger partial charge is 0.326 e. The van der Waals surface area contributed by atoms with Crippen LogP contribution in [-0.4, -0.2) is 16.9 Å². The Morgan fingerprint density at radius 1 is 1.03 bits per heavy atom. The van der Waals surface area contributed by atoms with Crippen LogP contribution in [0, 0.1) is 18.6 Å². The first kappa shape index (κ1) is 23.3. The van der Waals surface area contributed by atoms with E-state index in [2.05, 4.69) is 10.3 Å². The Bertz CT molecular complexity index is 1150. The number of anilines is 1. The predicted octanol–water partition coefficient (Wildman–Crippen LogP) is 6.74. The minimum absolute atomic E-state index is 0.166. The zero-order valence-corrected chi connectivity index (χ0v) is 18.7. The van der Waals surface area contributed by atoms with Crippen molar-refractivity contribution in [1.82, 2.24) is 10.3 Å². The zero-order chi connectivity index (χ0) is 22.7. The van der Waals surface area contributed by atoms with E-state index < -0.39 is 29.1 Å². The number of aromatic nitrogens is 1. The number of hydrogen-bond acceptors (Lipinski definition) is 4. The van der Waals surface area contributed by atoms with Crippen LogP contribution < -0.4 is 10.6 Å². The van der Waals surface area contributed by atoms with E-state index in [1.54, 1.807) is 6.07 Å². The Labute approximate surface area is 195 Å². The lowest BCUT2D eigenvalue weighted by atomic mass is 10.2. The molecular formula is C20H12Cl3F2N3O2S. The van der Waals surface area contributed by atoms with Crippen LogP contribution in [0.15, 0.2) is 52.5 Å². The average molecular weight is 503 g/mol. The maximum Gasteiger partial charge on any atom is 0.326 e. The molecule has 3 aromatic rings. The van der Waals surface area contributed by atoms with E-state index in [1.807, 2.05) is 12.2 Å². The van der Waals surface area contributed by atoms with Gasteiger partial charge in [-0.2, -0.15) is 0 Å². The molecule has 160 valence electrons. The second-order valence-electron chi connectivity index (χ2n) is 6.15.